The highest BCUT2D eigenvalue weighted by molar-refractivity contribution is 5.33. The summed E-state index contributed by atoms with van der Waals surface area (Å²) in [5, 5.41) is 9.51. The summed E-state index contributed by atoms with van der Waals surface area (Å²) in [6, 6.07) is 2.59. The lowest BCUT2D eigenvalue weighted by Gasteiger charge is -2.19. The van der Waals surface area contributed by atoms with E-state index in [1.807, 2.05) is 0 Å². The van der Waals surface area contributed by atoms with Crippen LogP contribution in [0.5, 0.6) is 5.75 Å². The molecule has 0 saturated carbocycles. The Balaban J connectivity index is 3.31. The molecule has 0 spiro atoms. The Morgan fingerprint density at radius 2 is 1.79 bits per heavy atom. The third kappa shape index (κ3) is 1.85. The van der Waals surface area contributed by atoms with Gasteiger partial charge in [-0.1, -0.05) is 0 Å². The first-order valence-corrected chi connectivity index (χ1v) is 4.12. The molecule has 0 heterocycles. The maximum absolute atomic E-state index is 13.3. The van der Waals surface area contributed by atoms with Gasteiger partial charge >= 0.3 is 0 Å². The van der Waals surface area contributed by atoms with Crippen molar-refractivity contribution >= 4 is 0 Å². The second-order valence-corrected chi connectivity index (χ2v) is 3.50. The molecule has 0 saturated heterocycles. The van der Waals surface area contributed by atoms with Crippen molar-refractivity contribution in [3.8, 4) is 5.75 Å². The van der Waals surface area contributed by atoms with Crippen LogP contribution in [0.2, 0.25) is 0 Å². The molecule has 0 unspecified atom stereocenters. The fourth-order valence-corrected chi connectivity index (χ4v) is 1.16. The fourth-order valence-electron chi connectivity index (χ4n) is 1.16. The molecule has 0 bridgehead atoms. The zero-order valence-electron chi connectivity index (χ0n) is 8.27. The van der Waals surface area contributed by atoms with E-state index in [9.17, 15) is 13.9 Å². The highest BCUT2D eigenvalue weighted by Gasteiger charge is 2.24. The average Bonchev–Trinajstić information content (AvgIpc) is 2.07. The molecule has 1 N–H and O–H groups in total. The number of benzene rings is 1. The summed E-state index contributed by atoms with van der Waals surface area (Å²) in [4.78, 5) is 0. The molecule has 14 heavy (non-hydrogen) atoms. The molecule has 2 nitrogen and oxygen atoms in total. The van der Waals surface area contributed by atoms with Crippen molar-refractivity contribution in [1.82, 2.24) is 0 Å². The number of ether oxygens (including phenoxy) is 1. The summed E-state index contributed by atoms with van der Waals surface area (Å²) in [5.74, 6) is -2.32. The van der Waals surface area contributed by atoms with Crippen LogP contribution in [0.3, 0.4) is 0 Å². The van der Waals surface area contributed by atoms with Gasteiger partial charge in [-0.15, -0.1) is 0 Å². The average molecular weight is 202 g/mol. The second-order valence-electron chi connectivity index (χ2n) is 3.50. The topological polar surface area (TPSA) is 29.5 Å². The minimum atomic E-state index is -1.41. The Morgan fingerprint density at radius 1 is 1.21 bits per heavy atom. The van der Waals surface area contributed by atoms with E-state index in [1.165, 1.54) is 33.1 Å². The summed E-state index contributed by atoms with van der Waals surface area (Å²) in [5.41, 5.74) is -1.49. The van der Waals surface area contributed by atoms with Crippen LogP contribution in [0, 0.1) is 11.6 Å². The molecule has 0 atom stereocenters. The molecule has 0 aliphatic carbocycles. The Bertz CT molecular complexity index is 343. The third-order valence-corrected chi connectivity index (χ3v) is 1.93. The molecule has 78 valence electrons. The minimum absolute atomic E-state index is 0.0872. The summed E-state index contributed by atoms with van der Waals surface area (Å²) in [6.45, 7) is 2.77. The van der Waals surface area contributed by atoms with Gasteiger partial charge in [0.15, 0.2) is 11.6 Å². The van der Waals surface area contributed by atoms with E-state index in [2.05, 4.69) is 4.74 Å². The summed E-state index contributed by atoms with van der Waals surface area (Å²) >= 11 is 0. The molecule has 0 radical (unpaired) electrons. The number of aliphatic hydroxyl groups is 1. The van der Waals surface area contributed by atoms with Crippen LogP contribution < -0.4 is 4.74 Å². The first kappa shape index (κ1) is 10.9. The van der Waals surface area contributed by atoms with Crippen molar-refractivity contribution < 1.29 is 18.6 Å². The molecule has 1 rings (SSSR count). The molecular weight excluding hydrogens is 190 g/mol. The number of methoxy groups -OCH3 is 1. The van der Waals surface area contributed by atoms with Gasteiger partial charge in [0.25, 0.3) is 0 Å². The molecule has 0 aromatic heterocycles. The summed E-state index contributed by atoms with van der Waals surface area (Å²) < 4.78 is 31.1. The van der Waals surface area contributed by atoms with Crippen molar-refractivity contribution in [2.75, 3.05) is 7.11 Å². The van der Waals surface area contributed by atoms with Gasteiger partial charge in [0, 0.05) is 5.56 Å². The highest BCUT2D eigenvalue weighted by Crippen LogP contribution is 2.28. The van der Waals surface area contributed by atoms with Crippen molar-refractivity contribution in [3.05, 3.63) is 29.3 Å². The number of halogens is 2. The molecule has 1 aromatic carbocycles. The van der Waals surface area contributed by atoms with Crippen molar-refractivity contribution in [3.63, 3.8) is 0 Å². The normalized spacial score (nSPS) is 11.6. The quantitative estimate of drug-likeness (QED) is 0.796. The monoisotopic (exact) mass is 202 g/mol. The van der Waals surface area contributed by atoms with Gasteiger partial charge in [0.2, 0.25) is 5.82 Å². The largest absolute Gasteiger partial charge is 0.494 e. The van der Waals surface area contributed by atoms with E-state index in [0.29, 0.717) is 0 Å². The van der Waals surface area contributed by atoms with Crippen molar-refractivity contribution in [1.29, 1.82) is 0 Å². The van der Waals surface area contributed by atoms with E-state index in [4.69, 9.17) is 0 Å². The van der Waals surface area contributed by atoms with E-state index in [-0.39, 0.29) is 11.3 Å². The first-order valence-electron chi connectivity index (χ1n) is 4.12. The predicted octanol–water partition coefficient (Wildman–Crippen LogP) is 2.20. The standard InChI is InChI=1S/C10H12F2O2/c1-10(2,13)6-4-5-7(14-3)9(12)8(6)11/h4-5,13H,1-3H3. The van der Waals surface area contributed by atoms with Gasteiger partial charge in [-0.2, -0.15) is 4.39 Å². The molecule has 1 aromatic rings. The Kier molecular flexibility index (Phi) is 2.76. The number of hydrogen-bond donors (Lipinski definition) is 1. The van der Waals surface area contributed by atoms with Gasteiger partial charge in [-0.05, 0) is 26.0 Å². The van der Waals surface area contributed by atoms with Crippen LogP contribution in [0.1, 0.15) is 19.4 Å². The lowest BCUT2D eigenvalue weighted by Crippen LogP contribution is -2.18. The van der Waals surface area contributed by atoms with E-state index in [0.717, 1.165) is 0 Å². The molecule has 0 aliphatic heterocycles. The molecule has 0 amide bonds. The summed E-state index contributed by atoms with van der Waals surface area (Å²) in [6.07, 6.45) is 0. The first-order chi connectivity index (χ1) is 6.38. The maximum Gasteiger partial charge on any atom is 0.200 e. The molecule has 4 heteroatoms. The van der Waals surface area contributed by atoms with Gasteiger partial charge in [0.05, 0.1) is 12.7 Å². The van der Waals surface area contributed by atoms with Gasteiger partial charge in [-0.3, -0.25) is 0 Å². The smallest absolute Gasteiger partial charge is 0.200 e. The Hall–Kier alpha value is -1.16. The lowest BCUT2D eigenvalue weighted by molar-refractivity contribution is 0.0735. The zero-order valence-corrected chi connectivity index (χ0v) is 8.27. The number of rotatable bonds is 2. The predicted molar refractivity (Wildman–Crippen MR) is 48.2 cm³/mol. The fraction of sp³-hybridized carbons (Fsp3) is 0.400. The van der Waals surface area contributed by atoms with Crippen LogP contribution in [0.15, 0.2) is 12.1 Å². The van der Waals surface area contributed by atoms with Crippen LogP contribution in [0.4, 0.5) is 8.78 Å². The SMILES string of the molecule is COc1ccc(C(C)(C)O)c(F)c1F. The Morgan fingerprint density at radius 3 is 2.21 bits per heavy atom. The van der Waals surface area contributed by atoms with Crippen molar-refractivity contribution in [2.24, 2.45) is 0 Å². The van der Waals surface area contributed by atoms with E-state index < -0.39 is 17.2 Å². The lowest BCUT2D eigenvalue weighted by atomic mass is 9.97. The van der Waals surface area contributed by atoms with Crippen molar-refractivity contribution in [2.45, 2.75) is 19.4 Å². The molecule has 0 aliphatic rings. The third-order valence-electron chi connectivity index (χ3n) is 1.93. The zero-order chi connectivity index (χ0) is 10.9. The van der Waals surface area contributed by atoms with Crippen LogP contribution in [-0.2, 0) is 5.60 Å². The number of hydrogen-bond acceptors (Lipinski definition) is 2. The van der Waals surface area contributed by atoms with E-state index in [1.54, 1.807) is 0 Å². The molecular formula is C10H12F2O2. The van der Waals surface area contributed by atoms with Gasteiger partial charge in [-0.25, -0.2) is 4.39 Å². The maximum atomic E-state index is 13.3. The summed E-state index contributed by atoms with van der Waals surface area (Å²) in [7, 11) is 1.25. The van der Waals surface area contributed by atoms with Crippen LogP contribution in [-0.4, -0.2) is 12.2 Å². The second kappa shape index (κ2) is 3.53. The minimum Gasteiger partial charge on any atom is -0.494 e. The van der Waals surface area contributed by atoms with Gasteiger partial charge < -0.3 is 9.84 Å². The Labute approximate surface area is 81.1 Å². The van der Waals surface area contributed by atoms with Crippen LogP contribution in [0.25, 0.3) is 0 Å². The van der Waals surface area contributed by atoms with Gasteiger partial charge in [0.1, 0.15) is 0 Å². The van der Waals surface area contributed by atoms with E-state index >= 15 is 0 Å². The van der Waals surface area contributed by atoms with Crippen LogP contribution >= 0.6 is 0 Å². The molecule has 0 fully saturated rings. The highest BCUT2D eigenvalue weighted by atomic mass is 19.2.